The maximum Gasteiger partial charge on any atom is 0 e. The number of rotatable bonds is 0. The molecule has 0 saturated carbocycles. The van der Waals surface area contributed by atoms with Crippen LogP contribution in [-0.2, 0) is 39.5 Å². The van der Waals surface area contributed by atoms with Crippen molar-refractivity contribution in [3.63, 3.8) is 0 Å². The molecule has 1 nitrogen and oxygen atoms in total. The van der Waals surface area contributed by atoms with Gasteiger partial charge < -0.3 is 0 Å². The summed E-state index contributed by atoms with van der Waals surface area (Å²) in [6.45, 7) is 0. The Bertz CT molecular complexity index is 8.00. The molecule has 4 heavy (non-hydrogen) atoms. The fourth-order valence-corrected chi connectivity index (χ4v) is 0. The van der Waals surface area contributed by atoms with E-state index in [2.05, 4.69) is 0 Å². The van der Waals surface area contributed by atoms with Crippen LogP contribution < -0.4 is 0 Å². The second kappa shape index (κ2) is 24.7. The summed E-state index contributed by atoms with van der Waals surface area (Å²) < 4.78 is 8.12. The van der Waals surface area contributed by atoms with E-state index in [1.54, 1.807) is 0 Å². The molecule has 0 spiro atoms. The van der Waals surface area contributed by atoms with E-state index in [-0.39, 0.29) is 36.8 Å². The summed E-state index contributed by atoms with van der Waals surface area (Å²) in [6, 6.07) is 0. The third-order valence-electron chi connectivity index (χ3n) is 0. The Hall–Kier alpha value is 1.49. The van der Waals surface area contributed by atoms with E-state index in [0.717, 1.165) is 0 Å². The quantitative estimate of drug-likeness (QED) is 0.406. The van der Waals surface area contributed by atoms with Gasteiger partial charge in [-0.1, -0.05) is 0 Å². The molecule has 0 bridgehead atoms. The van der Waals surface area contributed by atoms with Gasteiger partial charge in [-0.25, -0.2) is 0 Å². The molecule has 0 unspecified atom stereocenters. The molecular weight excluding hydrogens is 160 g/mol. The van der Waals surface area contributed by atoms with Crippen LogP contribution in [0.25, 0.3) is 0 Å². The minimum absolute atomic E-state index is 0. The van der Waals surface area contributed by atoms with Crippen LogP contribution in [0.15, 0.2) is 0 Å². The van der Waals surface area contributed by atoms with Crippen LogP contribution in [0.4, 0.5) is 0 Å². The zero-order chi connectivity index (χ0) is 2.00. The normalized spacial score (nSPS) is 1.00. The number of hydrogen-bond acceptors (Lipinski definition) is 1. The van der Waals surface area contributed by atoms with Gasteiger partial charge in [-0.2, -0.15) is 0 Å². The van der Waals surface area contributed by atoms with Gasteiger partial charge in [0.15, 0.2) is 17.4 Å². The van der Waals surface area contributed by atoms with Crippen LogP contribution >= 0.6 is 0 Å². The molecule has 0 aliphatic carbocycles. The maximum absolute atomic E-state index is 8.12. The molecule has 0 aliphatic heterocycles. The first-order chi connectivity index (χ1) is 1.00. The Labute approximate surface area is 56.7 Å². The van der Waals surface area contributed by atoms with Crippen molar-refractivity contribution in [3.05, 3.63) is 0 Å². The molecule has 4 heteroatoms. The van der Waals surface area contributed by atoms with Gasteiger partial charge >= 0.3 is 20.0 Å². The maximum atomic E-state index is 8.12. The summed E-state index contributed by atoms with van der Waals surface area (Å²) in [4.78, 5) is 0. The molecule has 0 fully saturated rings. The molecule has 0 aromatic carbocycles. The van der Waals surface area contributed by atoms with E-state index in [9.17, 15) is 0 Å². The molecule has 0 aromatic rings. The van der Waals surface area contributed by atoms with Gasteiger partial charge in [-0.05, 0) is 0 Å². The molecule has 0 saturated heterocycles. The van der Waals surface area contributed by atoms with Gasteiger partial charge in [-0.3, -0.25) is 0 Å². The standard InChI is InChI=1S/Al.Cr.O.Zn.3H. The van der Waals surface area contributed by atoms with Crippen LogP contribution in [0.1, 0.15) is 0 Å². The second-order valence-corrected chi connectivity index (χ2v) is 0. The van der Waals surface area contributed by atoms with Crippen molar-refractivity contribution in [2.75, 3.05) is 0 Å². The van der Waals surface area contributed by atoms with Crippen molar-refractivity contribution in [2.24, 2.45) is 0 Å². The second-order valence-electron chi connectivity index (χ2n) is 0. The molecule has 20 valence electrons. The zero-order valence-corrected chi connectivity index (χ0v) is 5.77. The van der Waals surface area contributed by atoms with Crippen molar-refractivity contribution >= 4 is 17.4 Å². The first-order valence-electron chi connectivity index (χ1n) is 0.167. The molecule has 0 amide bonds. The van der Waals surface area contributed by atoms with Gasteiger partial charge in [-0.15, -0.1) is 0 Å². The monoisotopic (exact) mass is 162 g/mol. The van der Waals surface area contributed by atoms with E-state index in [0.29, 0.717) is 0 Å². The Morgan fingerprint density at radius 3 is 1.25 bits per heavy atom. The topological polar surface area (TPSA) is 17.1 Å². The van der Waals surface area contributed by atoms with Crippen molar-refractivity contribution in [3.8, 4) is 0 Å². The summed E-state index contributed by atoms with van der Waals surface area (Å²) in [7, 11) is 0. The average Bonchev–Trinajstić information content (AvgIpc) is 1.00. The molecule has 0 N–H and O–H groups in total. The van der Waals surface area contributed by atoms with Gasteiger partial charge in [0.05, 0.1) is 0 Å². The van der Waals surface area contributed by atoms with Crippen LogP contribution in [-0.4, -0.2) is 17.4 Å². The molecule has 0 radical (unpaired) electrons. The zero-order valence-electron chi connectivity index (χ0n) is 1.52. The van der Waals surface area contributed by atoms with Crippen LogP contribution in [0.2, 0.25) is 0 Å². The van der Waals surface area contributed by atoms with E-state index in [1.807, 2.05) is 0 Å². The molecular formula is H3AlCrOZn. The van der Waals surface area contributed by atoms with Crippen molar-refractivity contribution in [1.29, 1.82) is 0 Å². The van der Waals surface area contributed by atoms with E-state index < -0.39 is 0 Å². The molecule has 0 rings (SSSR count). The predicted molar refractivity (Wildman–Crippen MR) is 10.6 cm³/mol. The molecule has 0 aliphatic rings. The average molecular weight is 163 g/mol. The summed E-state index contributed by atoms with van der Waals surface area (Å²) >= 11 is 1.38. The Morgan fingerprint density at radius 1 is 1.25 bits per heavy atom. The van der Waals surface area contributed by atoms with Crippen molar-refractivity contribution in [1.82, 2.24) is 0 Å². The molecule has 0 aromatic heterocycles. The predicted octanol–water partition coefficient (Wildman–Crippen LogP) is -1.31. The minimum atomic E-state index is 0. The van der Waals surface area contributed by atoms with E-state index in [4.69, 9.17) is 3.80 Å². The summed E-state index contributed by atoms with van der Waals surface area (Å²) in [6.07, 6.45) is 0. The SMILES string of the molecule is [AlH3].[O]=[Cr].[Zn]. The fourth-order valence-electron chi connectivity index (χ4n) is 0. The van der Waals surface area contributed by atoms with Gasteiger partial charge in [0.2, 0.25) is 0 Å². The van der Waals surface area contributed by atoms with Gasteiger partial charge in [0.25, 0.3) is 0 Å². The van der Waals surface area contributed by atoms with Crippen LogP contribution in [0.3, 0.4) is 0 Å². The fraction of sp³-hybridized carbons (Fsp3) is 0. The molecule has 0 atom stereocenters. The van der Waals surface area contributed by atoms with E-state index in [1.165, 1.54) is 16.2 Å². The molecule has 0 heterocycles. The smallest absolute Gasteiger partial charge is 0 e. The summed E-state index contributed by atoms with van der Waals surface area (Å²) in [5, 5.41) is 0. The van der Waals surface area contributed by atoms with Gasteiger partial charge in [0.1, 0.15) is 0 Å². The van der Waals surface area contributed by atoms with E-state index >= 15 is 0 Å². The first-order valence-corrected chi connectivity index (χ1v) is 0.687. The summed E-state index contributed by atoms with van der Waals surface area (Å²) in [5.74, 6) is 0. The first kappa shape index (κ1) is 17.9. The van der Waals surface area contributed by atoms with Crippen molar-refractivity contribution < 1.29 is 39.5 Å². The van der Waals surface area contributed by atoms with Gasteiger partial charge in [0, 0.05) is 19.5 Å². The van der Waals surface area contributed by atoms with Crippen LogP contribution in [0, 0.1) is 0 Å². The Morgan fingerprint density at radius 2 is 1.25 bits per heavy atom. The minimum Gasteiger partial charge on any atom is 0 e. The Balaban J connectivity index is -0.00000000500. The third kappa shape index (κ3) is 9.75. The largest absolute Gasteiger partial charge is 0 e. The van der Waals surface area contributed by atoms with Crippen LogP contribution in [0.5, 0.6) is 0 Å². The third-order valence-corrected chi connectivity index (χ3v) is 0. The summed E-state index contributed by atoms with van der Waals surface area (Å²) in [5.41, 5.74) is 0. The number of hydrogen-bond donors (Lipinski definition) is 0. The van der Waals surface area contributed by atoms with Crippen molar-refractivity contribution in [2.45, 2.75) is 0 Å². The Kier molecular flexibility index (Phi) is 110.